The van der Waals surface area contributed by atoms with E-state index in [0.29, 0.717) is 16.3 Å². The highest BCUT2D eigenvalue weighted by Crippen LogP contribution is 2.22. The van der Waals surface area contributed by atoms with Gasteiger partial charge < -0.3 is 4.74 Å². The second-order valence-corrected chi connectivity index (χ2v) is 6.12. The summed E-state index contributed by atoms with van der Waals surface area (Å²) >= 11 is 5.88. The van der Waals surface area contributed by atoms with Crippen molar-refractivity contribution in [1.29, 1.82) is 5.26 Å². The van der Waals surface area contributed by atoms with E-state index in [4.69, 9.17) is 16.3 Å². The minimum atomic E-state index is -0.202. The number of carbonyl (C=O) groups is 1. The van der Waals surface area contributed by atoms with Crippen LogP contribution in [0.15, 0.2) is 48.5 Å². The van der Waals surface area contributed by atoms with E-state index in [0.717, 1.165) is 24.0 Å². The lowest BCUT2D eigenvalue weighted by Gasteiger charge is -2.11. The molecule has 2 rings (SSSR count). The van der Waals surface area contributed by atoms with Crippen LogP contribution in [0.1, 0.15) is 37.8 Å². The molecule has 0 saturated carbocycles. The Morgan fingerprint density at radius 2 is 1.72 bits per heavy atom. The number of hydrogen-bond acceptors (Lipinski definition) is 3. The van der Waals surface area contributed by atoms with Gasteiger partial charge in [0.2, 0.25) is 0 Å². The van der Waals surface area contributed by atoms with Gasteiger partial charge in [-0.1, -0.05) is 49.7 Å². The van der Waals surface area contributed by atoms with Crippen molar-refractivity contribution in [3.05, 3.63) is 64.7 Å². The van der Waals surface area contributed by atoms with Crippen LogP contribution in [0, 0.1) is 17.2 Å². The molecule has 2 aromatic rings. The van der Waals surface area contributed by atoms with Crippen LogP contribution < -0.4 is 4.74 Å². The number of hydrogen-bond donors (Lipinski definition) is 0. The van der Waals surface area contributed by atoms with Crippen molar-refractivity contribution in [2.45, 2.75) is 26.7 Å². The lowest BCUT2D eigenvalue weighted by atomic mass is 10.0. The van der Waals surface area contributed by atoms with Crippen molar-refractivity contribution in [1.82, 2.24) is 0 Å². The maximum absolute atomic E-state index is 12.0. The second-order valence-electron chi connectivity index (χ2n) is 5.68. The van der Waals surface area contributed by atoms with E-state index in [-0.39, 0.29) is 11.9 Å². The molecule has 4 heteroatoms. The monoisotopic (exact) mass is 353 g/mol. The van der Waals surface area contributed by atoms with Gasteiger partial charge in [-0.3, -0.25) is 4.79 Å². The van der Waals surface area contributed by atoms with E-state index >= 15 is 0 Å². The van der Waals surface area contributed by atoms with Crippen LogP contribution >= 0.6 is 11.6 Å². The van der Waals surface area contributed by atoms with E-state index in [9.17, 15) is 10.1 Å². The molecular formula is C21H20ClNO2. The van der Waals surface area contributed by atoms with Crippen LogP contribution in [0.3, 0.4) is 0 Å². The number of nitriles is 1. The predicted octanol–water partition coefficient (Wildman–Crippen LogP) is 5.75. The molecule has 0 aliphatic carbocycles. The zero-order valence-electron chi connectivity index (χ0n) is 14.3. The van der Waals surface area contributed by atoms with Crippen molar-refractivity contribution >= 4 is 29.2 Å². The van der Waals surface area contributed by atoms with Crippen LogP contribution in [0.25, 0.3) is 11.6 Å². The van der Waals surface area contributed by atoms with Gasteiger partial charge >= 0.3 is 5.97 Å². The van der Waals surface area contributed by atoms with Crippen molar-refractivity contribution < 1.29 is 9.53 Å². The summed E-state index contributed by atoms with van der Waals surface area (Å²) in [6, 6.07) is 16.4. The van der Waals surface area contributed by atoms with E-state index in [1.165, 1.54) is 0 Å². The fraction of sp³-hybridized carbons (Fsp3) is 0.238. The van der Waals surface area contributed by atoms with Crippen LogP contribution in [-0.4, -0.2) is 5.97 Å². The molecule has 0 amide bonds. The largest absolute Gasteiger partial charge is 0.426 e. The Labute approximate surface area is 153 Å². The molecule has 2 aromatic carbocycles. The predicted molar refractivity (Wildman–Crippen MR) is 101 cm³/mol. The Hall–Kier alpha value is -2.57. The number of esters is 1. The standard InChI is InChI=1S/C21H20ClNO2/c1-3-16(4-2)21(24)25-20-11-5-15(6-12-20)13-18(14-23)17-7-9-19(22)10-8-17/h5-13,16H,3-4H2,1-2H3/b18-13-. The third-order valence-corrected chi connectivity index (χ3v) is 4.26. The fourth-order valence-corrected chi connectivity index (χ4v) is 2.56. The average molecular weight is 354 g/mol. The SMILES string of the molecule is CCC(CC)C(=O)Oc1ccc(/C=C(/C#N)c2ccc(Cl)cc2)cc1. The van der Waals surface area contributed by atoms with E-state index in [1.807, 2.05) is 38.1 Å². The number of halogens is 1. The fourth-order valence-electron chi connectivity index (χ4n) is 2.43. The average Bonchev–Trinajstić information content (AvgIpc) is 2.63. The van der Waals surface area contributed by atoms with Crippen LogP contribution in [0.2, 0.25) is 5.02 Å². The van der Waals surface area contributed by atoms with Gasteiger partial charge in [-0.25, -0.2) is 0 Å². The van der Waals surface area contributed by atoms with Gasteiger partial charge in [-0.15, -0.1) is 0 Å². The normalized spacial score (nSPS) is 11.2. The molecule has 0 aromatic heterocycles. The number of allylic oxidation sites excluding steroid dienone is 1. The Morgan fingerprint density at radius 3 is 2.24 bits per heavy atom. The highest BCUT2D eigenvalue weighted by Gasteiger charge is 2.16. The Morgan fingerprint density at radius 1 is 1.12 bits per heavy atom. The van der Waals surface area contributed by atoms with Crippen molar-refractivity contribution in [2.75, 3.05) is 0 Å². The smallest absolute Gasteiger partial charge is 0.314 e. The highest BCUT2D eigenvalue weighted by molar-refractivity contribution is 6.30. The van der Waals surface area contributed by atoms with Crippen molar-refractivity contribution in [3.63, 3.8) is 0 Å². The lowest BCUT2D eigenvalue weighted by Crippen LogP contribution is -2.19. The summed E-state index contributed by atoms with van der Waals surface area (Å²) in [4.78, 5) is 12.0. The zero-order chi connectivity index (χ0) is 18.2. The molecule has 0 bridgehead atoms. The summed E-state index contributed by atoms with van der Waals surface area (Å²) in [6.45, 7) is 3.95. The van der Waals surface area contributed by atoms with Crippen molar-refractivity contribution in [2.24, 2.45) is 5.92 Å². The maximum atomic E-state index is 12.0. The number of nitrogens with zero attached hydrogens (tertiary/aromatic N) is 1. The lowest BCUT2D eigenvalue weighted by molar-refractivity contribution is -0.139. The molecule has 0 radical (unpaired) electrons. The van der Waals surface area contributed by atoms with Gasteiger partial charge in [0.1, 0.15) is 5.75 Å². The zero-order valence-corrected chi connectivity index (χ0v) is 15.1. The molecule has 0 N–H and O–H groups in total. The summed E-state index contributed by atoms with van der Waals surface area (Å²) < 4.78 is 5.40. The molecule has 0 saturated heterocycles. The van der Waals surface area contributed by atoms with Gasteiger partial charge in [0, 0.05) is 5.02 Å². The minimum Gasteiger partial charge on any atom is -0.426 e. The third kappa shape index (κ3) is 5.20. The van der Waals surface area contributed by atoms with E-state index in [2.05, 4.69) is 6.07 Å². The molecule has 0 heterocycles. The molecule has 128 valence electrons. The van der Waals surface area contributed by atoms with Gasteiger partial charge in [-0.2, -0.15) is 5.26 Å². The van der Waals surface area contributed by atoms with Crippen molar-refractivity contribution in [3.8, 4) is 11.8 Å². The number of carbonyl (C=O) groups excluding carboxylic acids is 1. The topological polar surface area (TPSA) is 50.1 Å². The van der Waals surface area contributed by atoms with Gasteiger partial charge in [0.15, 0.2) is 0 Å². The van der Waals surface area contributed by atoms with Crippen LogP contribution in [0.5, 0.6) is 5.75 Å². The van der Waals surface area contributed by atoms with E-state index in [1.54, 1.807) is 30.3 Å². The first-order chi connectivity index (χ1) is 12.1. The molecule has 25 heavy (non-hydrogen) atoms. The minimum absolute atomic E-state index is 0.0744. The van der Waals surface area contributed by atoms with Gasteiger partial charge in [0.05, 0.1) is 17.6 Å². The number of rotatable bonds is 6. The van der Waals surface area contributed by atoms with Gasteiger partial charge in [-0.05, 0) is 54.3 Å². The summed E-state index contributed by atoms with van der Waals surface area (Å²) in [7, 11) is 0. The molecule has 0 aliphatic rings. The molecule has 0 atom stereocenters. The summed E-state index contributed by atoms with van der Waals surface area (Å²) in [6.07, 6.45) is 3.32. The Balaban J connectivity index is 2.14. The molecule has 0 spiro atoms. The van der Waals surface area contributed by atoms with Crippen LogP contribution in [-0.2, 0) is 4.79 Å². The molecule has 0 aliphatic heterocycles. The second kappa shape index (κ2) is 9.05. The number of benzene rings is 2. The molecule has 0 fully saturated rings. The maximum Gasteiger partial charge on any atom is 0.314 e. The van der Waals surface area contributed by atoms with Crippen LogP contribution in [0.4, 0.5) is 0 Å². The summed E-state index contributed by atoms with van der Waals surface area (Å²) in [5.41, 5.74) is 2.20. The highest BCUT2D eigenvalue weighted by atomic mass is 35.5. The molecular weight excluding hydrogens is 334 g/mol. The summed E-state index contributed by atoms with van der Waals surface area (Å²) in [5.74, 6) is 0.237. The first kappa shape index (κ1) is 18.8. The Bertz CT molecular complexity index is 782. The summed E-state index contributed by atoms with van der Waals surface area (Å²) in [5, 5.41) is 10.0. The Kier molecular flexibility index (Phi) is 6.80. The number of ether oxygens (including phenoxy) is 1. The van der Waals surface area contributed by atoms with Gasteiger partial charge in [0.25, 0.3) is 0 Å². The third-order valence-electron chi connectivity index (χ3n) is 4.00. The quantitative estimate of drug-likeness (QED) is 0.287. The molecule has 3 nitrogen and oxygen atoms in total. The molecule has 0 unspecified atom stereocenters. The first-order valence-corrected chi connectivity index (χ1v) is 8.64. The first-order valence-electron chi connectivity index (χ1n) is 8.26. The van der Waals surface area contributed by atoms with E-state index < -0.39 is 0 Å².